The topological polar surface area (TPSA) is 88.4 Å². The van der Waals surface area contributed by atoms with Crippen LogP contribution in [-0.4, -0.2) is 28.7 Å². The zero-order valence-electron chi connectivity index (χ0n) is 13.2. The molecule has 0 aliphatic carbocycles. The van der Waals surface area contributed by atoms with Crippen LogP contribution in [0.25, 0.3) is 0 Å². The van der Waals surface area contributed by atoms with Gasteiger partial charge in [-0.3, -0.25) is 0 Å². The summed E-state index contributed by atoms with van der Waals surface area (Å²) in [4.78, 5) is 0.151. The van der Waals surface area contributed by atoms with Gasteiger partial charge in [0.05, 0.1) is 23.1 Å². The Labute approximate surface area is 141 Å². The van der Waals surface area contributed by atoms with Crippen molar-refractivity contribution in [1.29, 1.82) is 5.26 Å². The lowest BCUT2D eigenvalue weighted by atomic mass is 10.1. The van der Waals surface area contributed by atoms with Gasteiger partial charge in [0.25, 0.3) is 0 Å². The van der Waals surface area contributed by atoms with Crippen LogP contribution in [0.4, 0.5) is 0 Å². The molecule has 0 fully saturated rings. The van der Waals surface area contributed by atoms with E-state index in [0.717, 1.165) is 5.56 Å². The average molecular weight is 346 g/mol. The van der Waals surface area contributed by atoms with Crippen molar-refractivity contribution < 1.29 is 17.9 Å². The molecule has 6 nitrogen and oxygen atoms in total. The molecule has 1 N–H and O–H groups in total. The smallest absolute Gasteiger partial charge is 0.240 e. The van der Waals surface area contributed by atoms with Crippen molar-refractivity contribution >= 4 is 10.0 Å². The highest BCUT2D eigenvalue weighted by Gasteiger charge is 2.13. The summed E-state index contributed by atoms with van der Waals surface area (Å²) in [5.74, 6) is 0.577. The average Bonchev–Trinajstić information content (AvgIpc) is 2.61. The monoisotopic (exact) mass is 346 g/mol. The van der Waals surface area contributed by atoms with Crippen LogP contribution in [0.1, 0.15) is 11.1 Å². The SMILES string of the molecule is COCCOc1ccc(S(=O)(=O)NCc2cccc(C#N)c2)cc1. The van der Waals surface area contributed by atoms with Gasteiger partial charge in [0.2, 0.25) is 10.0 Å². The molecule has 2 rings (SSSR count). The van der Waals surface area contributed by atoms with Gasteiger partial charge < -0.3 is 9.47 Å². The fourth-order valence-corrected chi connectivity index (χ4v) is 2.99. The predicted octanol–water partition coefficient (Wildman–Crippen LogP) is 2.06. The van der Waals surface area contributed by atoms with Gasteiger partial charge in [0, 0.05) is 13.7 Å². The molecule has 0 atom stereocenters. The summed E-state index contributed by atoms with van der Waals surface area (Å²) in [6.07, 6.45) is 0. The quantitative estimate of drug-likeness (QED) is 0.739. The third-order valence-electron chi connectivity index (χ3n) is 3.21. The number of sulfonamides is 1. The van der Waals surface area contributed by atoms with Crippen LogP contribution in [0.15, 0.2) is 53.4 Å². The molecule has 2 aromatic carbocycles. The summed E-state index contributed by atoms with van der Waals surface area (Å²) >= 11 is 0. The van der Waals surface area contributed by atoms with Crippen molar-refractivity contribution in [3.63, 3.8) is 0 Å². The first-order chi connectivity index (χ1) is 11.5. The summed E-state index contributed by atoms with van der Waals surface area (Å²) in [5, 5.41) is 8.86. The van der Waals surface area contributed by atoms with E-state index in [0.29, 0.717) is 24.5 Å². The van der Waals surface area contributed by atoms with Gasteiger partial charge in [-0.2, -0.15) is 5.26 Å². The third-order valence-corrected chi connectivity index (χ3v) is 4.63. The van der Waals surface area contributed by atoms with Crippen LogP contribution in [0.3, 0.4) is 0 Å². The molecule has 0 unspecified atom stereocenters. The first-order valence-corrected chi connectivity index (χ1v) is 8.74. The lowest BCUT2D eigenvalue weighted by Gasteiger charge is -2.09. The van der Waals surface area contributed by atoms with Crippen LogP contribution in [0.5, 0.6) is 5.75 Å². The maximum atomic E-state index is 12.3. The summed E-state index contributed by atoms with van der Waals surface area (Å²) in [5.41, 5.74) is 1.21. The summed E-state index contributed by atoms with van der Waals surface area (Å²) < 4.78 is 37.4. The molecule has 7 heteroatoms. The lowest BCUT2D eigenvalue weighted by molar-refractivity contribution is 0.146. The lowest BCUT2D eigenvalue weighted by Crippen LogP contribution is -2.23. The number of nitriles is 1. The molecule has 0 aliphatic heterocycles. The number of methoxy groups -OCH3 is 1. The highest BCUT2D eigenvalue weighted by Crippen LogP contribution is 2.16. The Kier molecular flexibility index (Phi) is 6.32. The van der Waals surface area contributed by atoms with Crippen molar-refractivity contribution in [1.82, 2.24) is 4.72 Å². The molecular formula is C17H18N2O4S. The van der Waals surface area contributed by atoms with E-state index < -0.39 is 10.0 Å². The molecule has 0 heterocycles. The molecular weight excluding hydrogens is 328 g/mol. The van der Waals surface area contributed by atoms with Crippen molar-refractivity contribution in [2.24, 2.45) is 0 Å². The number of hydrogen-bond donors (Lipinski definition) is 1. The number of rotatable bonds is 8. The van der Waals surface area contributed by atoms with Crippen LogP contribution >= 0.6 is 0 Å². The summed E-state index contributed by atoms with van der Waals surface area (Å²) in [6, 6.07) is 15.0. The molecule has 2 aromatic rings. The van der Waals surface area contributed by atoms with Crippen molar-refractivity contribution in [2.45, 2.75) is 11.4 Å². The number of nitrogens with one attached hydrogen (secondary N) is 1. The Morgan fingerprint density at radius 1 is 1.12 bits per heavy atom. The van der Waals surface area contributed by atoms with Crippen molar-refractivity contribution in [2.75, 3.05) is 20.3 Å². The molecule has 24 heavy (non-hydrogen) atoms. The van der Waals surface area contributed by atoms with E-state index in [4.69, 9.17) is 14.7 Å². The van der Waals surface area contributed by atoms with E-state index in [2.05, 4.69) is 4.72 Å². The Hall–Kier alpha value is -2.40. The Morgan fingerprint density at radius 2 is 1.88 bits per heavy atom. The van der Waals surface area contributed by atoms with E-state index >= 15 is 0 Å². The third kappa shape index (κ3) is 5.06. The Bertz CT molecular complexity index is 811. The molecule has 0 saturated carbocycles. The first-order valence-electron chi connectivity index (χ1n) is 7.25. The summed E-state index contributed by atoms with van der Waals surface area (Å²) in [7, 11) is -2.05. The van der Waals surface area contributed by atoms with Crippen LogP contribution < -0.4 is 9.46 Å². The van der Waals surface area contributed by atoms with Crippen molar-refractivity contribution in [3.8, 4) is 11.8 Å². The van der Waals surface area contributed by atoms with E-state index in [-0.39, 0.29) is 11.4 Å². The van der Waals surface area contributed by atoms with Crippen molar-refractivity contribution in [3.05, 3.63) is 59.7 Å². The zero-order chi connectivity index (χ0) is 17.4. The number of hydrogen-bond acceptors (Lipinski definition) is 5. The second-order valence-electron chi connectivity index (χ2n) is 4.95. The van der Waals surface area contributed by atoms with E-state index in [1.165, 1.54) is 12.1 Å². The van der Waals surface area contributed by atoms with Gasteiger partial charge in [0.1, 0.15) is 12.4 Å². The molecule has 0 radical (unpaired) electrons. The molecule has 126 valence electrons. The van der Waals surface area contributed by atoms with Crippen LogP contribution in [0, 0.1) is 11.3 Å². The second kappa shape index (κ2) is 8.45. The van der Waals surface area contributed by atoms with E-state index in [1.54, 1.807) is 43.5 Å². The first kappa shape index (κ1) is 17.9. The maximum absolute atomic E-state index is 12.3. The highest BCUT2D eigenvalue weighted by molar-refractivity contribution is 7.89. The fourth-order valence-electron chi connectivity index (χ4n) is 1.97. The Morgan fingerprint density at radius 3 is 2.54 bits per heavy atom. The Balaban J connectivity index is 2.00. The molecule has 0 bridgehead atoms. The van der Waals surface area contributed by atoms with Gasteiger partial charge in [-0.1, -0.05) is 12.1 Å². The van der Waals surface area contributed by atoms with Gasteiger partial charge in [-0.25, -0.2) is 13.1 Å². The normalized spacial score (nSPS) is 11.0. The standard InChI is InChI=1S/C17H18N2O4S/c1-22-9-10-23-16-5-7-17(8-6-16)24(20,21)19-13-15-4-2-3-14(11-15)12-18/h2-8,11,19H,9-10,13H2,1H3. The van der Waals surface area contributed by atoms with Crippen LogP contribution in [-0.2, 0) is 21.3 Å². The van der Waals surface area contributed by atoms with Gasteiger partial charge in [0.15, 0.2) is 0 Å². The minimum absolute atomic E-state index is 0.115. The predicted molar refractivity (Wildman–Crippen MR) is 89.0 cm³/mol. The second-order valence-corrected chi connectivity index (χ2v) is 6.72. The van der Waals surface area contributed by atoms with Crippen LogP contribution in [0.2, 0.25) is 0 Å². The molecule has 0 aliphatic rings. The minimum atomic E-state index is -3.63. The van der Waals surface area contributed by atoms with Gasteiger partial charge in [-0.05, 0) is 42.0 Å². The molecule has 0 saturated heterocycles. The largest absolute Gasteiger partial charge is 0.491 e. The maximum Gasteiger partial charge on any atom is 0.240 e. The number of benzene rings is 2. The minimum Gasteiger partial charge on any atom is -0.491 e. The number of ether oxygens (including phenoxy) is 2. The van der Waals surface area contributed by atoms with Gasteiger partial charge in [-0.15, -0.1) is 0 Å². The van der Waals surface area contributed by atoms with E-state index in [1.807, 2.05) is 6.07 Å². The van der Waals surface area contributed by atoms with Gasteiger partial charge >= 0.3 is 0 Å². The summed E-state index contributed by atoms with van der Waals surface area (Å²) in [6.45, 7) is 0.976. The molecule has 0 spiro atoms. The molecule has 0 amide bonds. The molecule has 0 aromatic heterocycles. The fraction of sp³-hybridized carbons (Fsp3) is 0.235. The highest BCUT2D eigenvalue weighted by atomic mass is 32.2. The zero-order valence-corrected chi connectivity index (χ0v) is 14.0. The number of nitrogens with zero attached hydrogens (tertiary/aromatic N) is 1. The van der Waals surface area contributed by atoms with E-state index in [9.17, 15) is 8.42 Å².